The lowest BCUT2D eigenvalue weighted by atomic mass is 10.2. The summed E-state index contributed by atoms with van der Waals surface area (Å²) >= 11 is 0. The summed E-state index contributed by atoms with van der Waals surface area (Å²) in [4.78, 5) is 10.7. The highest BCUT2D eigenvalue weighted by Gasteiger charge is 2.05. The summed E-state index contributed by atoms with van der Waals surface area (Å²) in [6.45, 7) is 4.83. The van der Waals surface area contributed by atoms with Gasteiger partial charge in [-0.25, -0.2) is 4.98 Å². The molecule has 94 valence electrons. The van der Waals surface area contributed by atoms with E-state index in [0.717, 1.165) is 25.3 Å². The Balaban J connectivity index is 2.01. The Bertz CT molecular complexity index is 484. The van der Waals surface area contributed by atoms with Gasteiger partial charge in [0, 0.05) is 25.5 Å². The van der Waals surface area contributed by atoms with Crippen LogP contribution in [0.1, 0.15) is 18.2 Å². The molecular formula is C14H18N4. The Morgan fingerprint density at radius 1 is 1.11 bits per heavy atom. The second-order valence-electron chi connectivity index (χ2n) is 4.21. The van der Waals surface area contributed by atoms with Crippen LogP contribution in [0.5, 0.6) is 0 Å². The van der Waals surface area contributed by atoms with Gasteiger partial charge in [-0.15, -0.1) is 0 Å². The molecule has 0 bridgehead atoms. The first-order valence-corrected chi connectivity index (χ1v) is 6.10. The van der Waals surface area contributed by atoms with Crippen molar-refractivity contribution in [3.63, 3.8) is 0 Å². The summed E-state index contributed by atoms with van der Waals surface area (Å²) in [5.74, 6) is 0.576. The fourth-order valence-corrected chi connectivity index (χ4v) is 1.84. The van der Waals surface area contributed by atoms with Crippen LogP contribution in [0.2, 0.25) is 0 Å². The maximum Gasteiger partial charge on any atom is 0.123 e. The van der Waals surface area contributed by atoms with Gasteiger partial charge in [0.15, 0.2) is 0 Å². The van der Waals surface area contributed by atoms with Gasteiger partial charge in [-0.3, -0.25) is 9.88 Å². The van der Waals surface area contributed by atoms with E-state index in [-0.39, 0.29) is 0 Å². The lowest BCUT2D eigenvalue weighted by Gasteiger charge is -2.20. The van der Waals surface area contributed by atoms with E-state index >= 15 is 0 Å². The molecule has 0 atom stereocenters. The number of nitrogens with two attached hydrogens (primary N) is 1. The molecule has 0 aliphatic rings. The number of anilines is 1. The van der Waals surface area contributed by atoms with Crippen molar-refractivity contribution in [3.05, 3.63) is 54.0 Å². The molecule has 18 heavy (non-hydrogen) atoms. The van der Waals surface area contributed by atoms with E-state index in [1.54, 1.807) is 0 Å². The van der Waals surface area contributed by atoms with E-state index in [1.807, 2.05) is 42.7 Å². The highest BCUT2D eigenvalue weighted by atomic mass is 15.1. The van der Waals surface area contributed by atoms with Gasteiger partial charge in [0.25, 0.3) is 0 Å². The average molecular weight is 242 g/mol. The summed E-state index contributed by atoms with van der Waals surface area (Å²) in [6, 6.07) is 9.83. The number of pyridine rings is 2. The van der Waals surface area contributed by atoms with Gasteiger partial charge in [0.2, 0.25) is 0 Å². The van der Waals surface area contributed by atoms with Crippen molar-refractivity contribution in [2.75, 3.05) is 12.3 Å². The molecule has 4 heteroatoms. The molecule has 0 saturated heterocycles. The van der Waals surface area contributed by atoms with Crippen LogP contribution in [-0.2, 0) is 13.1 Å². The van der Waals surface area contributed by atoms with E-state index < -0.39 is 0 Å². The van der Waals surface area contributed by atoms with E-state index in [1.165, 1.54) is 5.56 Å². The van der Waals surface area contributed by atoms with Gasteiger partial charge >= 0.3 is 0 Å². The molecule has 0 aromatic carbocycles. The summed E-state index contributed by atoms with van der Waals surface area (Å²) in [5.41, 5.74) is 7.96. The monoisotopic (exact) mass is 242 g/mol. The number of hydrogen-bond donors (Lipinski definition) is 1. The van der Waals surface area contributed by atoms with Crippen LogP contribution >= 0.6 is 0 Å². The molecule has 4 nitrogen and oxygen atoms in total. The quantitative estimate of drug-likeness (QED) is 0.872. The number of rotatable bonds is 5. The van der Waals surface area contributed by atoms with Gasteiger partial charge < -0.3 is 5.73 Å². The highest BCUT2D eigenvalue weighted by Crippen LogP contribution is 2.08. The third-order valence-electron chi connectivity index (χ3n) is 2.82. The predicted molar refractivity (Wildman–Crippen MR) is 72.7 cm³/mol. The maximum absolute atomic E-state index is 5.69. The number of nitrogen functional groups attached to an aromatic ring is 1. The molecule has 0 spiro atoms. The topological polar surface area (TPSA) is 55.0 Å². The first kappa shape index (κ1) is 12.5. The molecular weight excluding hydrogens is 224 g/mol. The number of aromatic nitrogens is 2. The van der Waals surface area contributed by atoms with Crippen molar-refractivity contribution in [1.82, 2.24) is 14.9 Å². The van der Waals surface area contributed by atoms with Gasteiger partial charge in [-0.1, -0.05) is 13.0 Å². The molecule has 2 rings (SSSR count). The van der Waals surface area contributed by atoms with E-state index in [4.69, 9.17) is 5.73 Å². The van der Waals surface area contributed by atoms with Crippen molar-refractivity contribution in [2.45, 2.75) is 20.0 Å². The Morgan fingerprint density at radius 3 is 2.56 bits per heavy atom. The number of hydrogen-bond acceptors (Lipinski definition) is 4. The minimum Gasteiger partial charge on any atom is -0.384 e. The zero-order chi connectivity index (χ0) is 12.8. The van der Waals surface area contributed by atoms with Gasteiger partial charge in [0.05, 0.1) is 5.69 Å². The molecule has 0 unspecified atom stereocenters. The molecule has 0 aliphatic heterocycles. The average Bonchev–Trinajstić information content (AvgIpc) is 2.39. The minimum atomic E-state index is 0.576. The van der Waals surface area contributed by atoms with Crippen molar-refractivity contribution in [3.8, 4) is 0 Å². The van der Waals surface area contributed by atoms with Gasteiger partial charge in [0.1, 0.15) is 5.82 Å². The Morgan fingerprint density at radius 2 is 1.89 bits per heavy atom. The SMILES string of the molecule is CCN(Cc1ccncc1)Cc1cccc(N)n1. The summed E-state index contributed by atoms with van der Waals surface area (Å²) in [7, 11) is 0. The second-order valence-corrected chi connectivity index (χ2v) is 4.21. The molecule has 0 amide bonds. The van der Waals surface area contributed by atoms with Gasteiger partial charge in [-0.05, 0) is 36.4 Å². The third-order valence-corrected chi connectivity index (χ3v) is 2.82. The smallest absolute Gasteiger partial charge is 0.123 e. The van der Waals surface area contributed by atoms with Crippen molar-refractivity contribution in [1.29, 1.82) is 0 Å². The van der Waals surface area contributed by atoms with E-state index in [9.17, 15) is 0 Å². The van der Waals surface area contributed by atoms with Crippen molar-refractivity contribution < 1.29 is 0 Å². The molecule has 0 saturated carbocycles. The Labute approximate surface area is 107 Å². The standard InChI is InChI=1S/C14H18N4/c1-2-18(10-12-6-8-16-9-7-12)11-13-4-3-5-14(15)17-13/h3-9H,2,10-11H2,1H3,(H2,15,17). The summed E-state index contributed by atoms with van der Waals surface area (Å²) in [5, 5.41) is 0. The second kappa shape index (κ2) is 6.12. The minimum absolute atomic E-state index is 0.576. The largest absolute Gasteiger partial charge is 0.384 e. The van der Waals surface area contributed by atoms with Crippen molar-refractivity contribution >= 4 is 5.82 Å². The first-order valence-electron chi connectivity index (χ1n) is 6.10. The van der Waals surface area contributed by atoms with Crippen LogP contribution in [-0.4, -0.2) is 21.4 Å². The molecule has 0 aliphatic carbocycles. The van der Waals surface area contributed by atoms with E-state index in [0.29, 0.717) is 5.82 Å². The van der Waals surface area contributed by atoms with E-state index in [2.05, 4.69) is 21.8 Å². The Kier molecular flexibility index (Phi) is 4.25. The Hall–Kier alpha value is -1.94. The van der Waals surface area contributed by atoms with Crippen LogP contribution in [0.25, 0.3) is 0 Å². The molecule has 2 heterocycles. The zero-order valence-electron chi connectivity index (χ0n) is 10.6. The zero-order valence-corrected chi connectivity index (χ0v) is 10.6. The third kappa shape index (κ3) is 3.53. The van der Waals surface area contributed by atoms with Crippen LogP contribution in [0, 0.1) is 0 Å². The predicted octanol–water partition coefficient (Wildman–Crippen LogP) is 2.08. The normalized spacial score (nSPS) is 10.8. The molecule has 0 fully saturated rings. The lowest BCUT2D eigenvalue weighted by Crippen LogP contribution is -2.23. The summed E-state index contributed by atoms with van der Waals surface area (Å²) in [6.07, 6.45) is 3.64. The van der Waals surface area contributed by atoms with Gasteiger partial charge in [-0.2, -0.15) is 0 Å². The number of nitrogens with zero attached hydrogens (tertiary/aromatic N) is 3. The lowest BCUT2D eigenvalue weighted by molar-refractivity contribution is 0.268. The maximum atomic E-state index is 5.69. The summed E-state index contributed by atoms with van der Waals surface area (Å²) < 4.78 is 0. The van der Waals surface area contributed by atoms with Crippen LogP contribution in [0.3, 0.4) is 0 Å². The van der Waals surface area contributed by atoms with Crippen LogP contribution in [0.15, 0.2) is 42.7 Å². The van der Waals surface area contributed by atoms with Crippen LogP contribution < -0.4 is 5.73 Å². The highest BCUT2D eigenvalue weighted by molar-refractivity contribution is 5.28. The first-order chi connectivity index (χ1) is 8.78. The molecule has 2 aromatic rings. The molecule has 2 N–H and O–H groups in total. The molecule has 0 radical (unpaired) electrons. The van der Waals surface area contributed by atoms with Crippen LogP contribution in [0.4, 0.5) is 5.82 Å². The molecule has 2 aromatic heterocycles. The fourth-order valence-electron chi connectivity index (χ4n) is 1.84. The fraction of sp³-hybridized carbons (Fsp3) is 0.286. The van der Waals surface area contributed by atoms with Crippen molar-refractivity contribution in [2.24, 2.45) is 0 Å².